The van der Waals surface area contributed by atoms with Gasteiger partial charge >= 0.3 is 0 Å². The maximum atomic E-state index is 12.7. The molecule has 0 aliphatic carbocycles. The van der Waals surface area contributed by atoms with E-state index >= 15 is 0 Å². The summed E-state index contributed by atoms with van der Waals surface area (Å²) in [5.41, 5.74) is 3.36. The van der Waals surface area contributed by atoms with Gasteiger partial charge in [0.05, 0.1) is 11.3 Å². The third kappa shape index (κ3) is 3.59. The standard InChI is InChI=1S/C20H26N2OS/c1-13-8-9-17-11-14(2)20(21-18(17)10-13)24-12-19(23)22-15(3)6-5-7-16(22)4/h8-11,15-16H,5-7,12H2,1-4H3/t15-,16-/m0/s1. The summed E-state index contributed by atoms with van der Waals surface area (Å²) in [6, 6.07) is 9.21. The van der Waals surface area contributed by atoms with Gasteiger partial charge in [0.2, 0.25) is 5.91 Å². The van der Waals surface area contributed by atoms with E-state index in [4.69, 9.17) is 4.98 Å². The summed E-state index contributed by atoms with van der Waals surface area (Å²) in [6.07, 6.45) is 3.46. The highest BCUT2D eigenvalue weighted by molar-refractivity contribution is 7.99. The molecule has 3 rings (SSSR count). The van der Waals surface area contributed by atoms with Gasteiger partial charge in [-0.25, -0.2) is 4.98 Å². The maximum Gasteiger partial charge on any atom is 0.233 e. The number of carbonyl (C=O) groups excluding carboxylic acids is 1. The second-order valence-electron chi connectivity index (χ2n) is 7.03. The molecule has 0 N–H and O–H groups in total. The monoisotopic (exact) mass is 342 g/mol. The Hall–Kier alpha value is -1.55. The molecule has 1 aliphatic heterocycles. The fourth-order valence-electron chi connectivity index (χ4n) is 3.63. The van der Waals surface area contributed by atoms with Gasteiger partial charge in [-0.1, -0.05) is 23.9 Å². The summed E-state index contributed by atoms with van der Waals surface area (Å²) < 4.78 is 0. The summed E-state index contributed by atoms with van der Waals surface area (Å²) in [5.74, 6) is 0.713. The number of fused-ring (bicyclic) bond motifs is 1. The van der Waals surface area contributed by atoms with E-state index < -0.39 is 0 Å². The molecule has 1 fully saturated rings. The molecule has 2 heterocycles. The summed E-state index contributed by atoms with van der Waals surface area (Å²) in [4.78, 5) is 19.6. The number of amides is 1. The molecule has 128 valence electrons. The molecule has 0 unspecified atom stereocenters. The largest absolute Gasteiger partial charge is 0.337 e. The number of hydrogen-bond acceptors (Lipinski definition) is 3. The van der Waals surface area contributed by atoms with Crippen LogP contribution in [-0.2, 0) is 4.79 Å². The molecule has 1 saturated heterocycles. The number of piperidine rings is 1. The first-order chi connectivity index (χ1) is 11.5. The van der Waals surface area contributed by atoms with Gasteiger partial charge in [0.15, 0.2) is 0 Å². The lowest BCUT2D eigenvalue weighted by Crippen LogP contribution is -2.48. The van der Waals surface area contributed by atoms with Crippen molar-refractivity contribution in [1.82, 2.24) is 9.88 Å². The zero-order chi connectivity index (χ0) is 17.3. The summed E-state index contributed by atoms with van der Waals surface area (Å²) in [5, 5.41) is 2.13. The first kappa shape index (κ1) is 17.3. The molecule has 0 spiro atoms. The molecule has 2 aromatic rings. The Bertz CT molecular complexity index is 749. The molecule has 0 radical (unpaired) electrons. The van der Waals surface area contributed by atoms with Crippen LogP contribution in [0.1, 0.15) is 44.2 Å². The molecule has 0 bridgehead atoms. The van der Waals surface area contributed by atoms with E-state index in [1.54, 1.807) is 11.8 Å². The summed E-state index contributed by atoms with van der Waals surface area (Å²) >= 11 is 1.57. The predicted molar refractivity (Wildman–Crippen MR) is 102 cm³/mol. The van der Waals surface area contributed by atoms with Crippen LogP contribution in [0.4, 0.5) is 0 Å². The van der Waals surface area contributed by atoms with Gasteiger partial charge in [0.1, 0.15) is 5.03 Å². The van der Waals surface area contributed by atoms with Gasteiger partial charge in [-0.3, -0.25) is 4.79 Å². The highest BCUT2D eigenvalue weighted by Crippen LogP contribution is 2.28. The number of pyridine rings is 1. The minimum atomic E-state index is 0.241. The van der Waals surface area contributed by atoms with E-state index in [9.17, 15) is 4.79 Å². The number of aryl methyl sites for hydroxylation is 2. The summed E-state index contributed by atoms with van der Waals surface area (Å²) in [6.45, 7) is 8.49. The fourth-order valence-corrected chi connectivity index (χ4v) is 4.49. The molecular formula is C20H26N2OS. The van der Waals surface area contributed by atoms with Crippen LogP contribution in [0, 0.1) is 13.8 Å². The lowest BCUT2D eigenvalue weighted by molar-refractivity contribution is -0.134. The van der Waals surface area contributed by atoms with Crippen LogP contribution in [-0.4, -0.2) is 33.6 Å². The predicted octanol–water partition coefficient (Wildman–Crippen LogP) is 4.73. The van der Waals surface area contributed by atoms with E-state index in [1.165, 1.54) is 12.0 Å². The van der Waals surface area contributed by atoms with Gasteiger partial charge in [0, 0.05) is 17.5 Å². The topological polar surface area (TPSA) is 33.2 Å². The van der Waals surface area contributed by atoms with E-state index in [-0.39, 0.29) is 5.91 Å². The molecule has 2 atom stereocenters. The molecule has 1 aliphatic rings. The van der Waals surface area contributed by atoms with Gasteiger partial charge in [-0.05, 0) is 70.2 Å². The summed E-state index contributed by atoms with van der Waals surface area (Å²) in [7, 11) is 0. The molecule has 1 aromatic heterocycles. The van der Waals surface area contributed by atoms with Gasteiger partial charge in [-0.2, -0.15) is 0 Å². The van der Waals surface area contributed by atoms with Crippen molar-refractivity contribution in [2.24, 2.45) is 0 Å². The number of carbonyl (C=O) groups is 1. The van der Waals surface area contributed by atoms with Crippen LogP contribution >= 0.6 is 11.8 Å². The zero-order valence-electron chi connectivity index (χ0n) is 15.0. The van der Waals surface area contributed by atoms with Crippen molar-refractivity contribution in [2.75, 3.05) is 5.75 Å². The number of aromatic nitrogens is 1. The molecule has 4 heteroatoms. The van der Waals surface area contributed by atoms with Crippen LogP contribution in [0.2, 0.25) is 0 Å². The highest BCUT2D eigenvalue weighted by atomic mass is 32.2. The Balaban J connectivity index is 1.75. The van der Waals surface area contributed by atoms with Gasteiger partial charge in [0.25, 0.3) is 0 Å². The Labute approximate surface area is 148 Å². The minimum absolute atomic E-state index is 0.241. The number of thioether (sulfide) groups is 1. The number of rotatable bonds is 3. The van der Waals surface area contributed by atoms with E-state index in [2.05, 4.69) is 56.9 Å². The van der Waals surface area contributed by atoms with Crippen molar-refractivity contribution in [2.45, 2.75) is 64.1 Å². The third-order valence-corrected chi connectivity index (χ3v) is 6.01. The fraction of sp³-hybridized carbons (Fsp3) is 0.500. The number of hydrogen-bond donors (Lipinski definition) is 0. The first-order valence-electron chi connectivity index (χ1n) is 8.77. The van der Waals surface area contributed by atoms with Crippen LogP contribution < -0.4 is 0 Å². The second kappa shape index (κ2) is 7.14. The molecule has 0 saturated carbocycles. The van der Waals surface area contributed by atoms with Crippen molar-refractivity contribution in [1.29, 1.82) is 0 Å². The Morgan fingerprint density at radius 2 is 1.92 bits per heavy atom. The molecule has 3 nitrogen and oxygen atoms in total. The van der Waals surface area contributed by atoms with Crippen LogP contribution in [0.3, 0.4) is 0 Å². The second-order valence-corrected chi connectivity index (χ2v) is 7.99. The maximum absolute atomic E-state index is 12.7. The van der Waals surface area contributed by atoms with Gasteiger partial charge in [-0.15, -0.1) is 0 Å². The van der Waals surface area contributed by atoms with E-state index in [1.807, 2.05) is 0 Å². The van der Waals surface area contributed by atoms with Crippen molar-refractivity contribution in [3.05, 3.63) is 35.4 Å². The molecule has 1 aromatic carbocycles. The highest BCUT2D eigenvalue weighted by Gasteiger charge is 2.28. The molecule has 1 amide bonds. The van der Waals surface area contributed by atoms with Crippen molar-refractivity contribution in [3.63, 3.8) is 0 Å². The molecule has 24 heavy (non-hydrogen) atoms. The van der Waals surface area contributed by atoms with Crippen LogP contribution in [0.25, 0.3) is 10.9 Å². The Morgan fingerprint density at radius 3 is 2.62 bits per heavy atom. The van der Waals surface area contributed by atoms with Crippen molar-refractivity contribution < 1.29 is 4.79 Å². The average molecular weight is 343 g/mol. The van der Waals surface area contributed by atoms with E-state index in [0.29, 0.717) is 17.8 Å². The average Bonchev–Trinajstić information content (AvgIpc) is 2.53. The van der Waals surface area contributed by atoms with Crippen LogP contribution in [0.15, 0.2) is 29.3 Å². The third-order valence-electron chi connectivity index (χ3n) is 4.93. The van der Waals surface area contributed by atoms with Crippen LogP contribution in [0.5, 0.6) is 0 Å². The SMILES string of the molecule is Cc1ccc2cc(C)c(SCC(=O)N3[C@@H](C)CCC[C@@H]3C)nc2c1. The zero-order valence-corrected chi connectivity index (χ0v) is 15.8. The Kier molecular flexibility index (Phi) is 5.14. The number of likely N-dealkylation sites (tertiary alicyclic amines) is 1. The smallest absolute Gasteiger partial charge is 0.233 e. The van der Waals surface area contributed by atoms with Crippen molar-refractivity contribution in [3.8, 4) is 0 Å². The number of benzene rings is 1. The first-order valence-corrected chi connectivity index (χ1v) is 9.76. The lowest BCUT2D eigenvalue weighted by Gasteiger charge is -2.39. The minimum Gasteiger partial charge on any atom is -0.337 e. The van der Waals surface area contributed by atoms with Gasteiger partial charge < -0.3 is 4.90 Å². The quantitative estimate of drug-likeness (QED) is 0.756. The van der Waals surface area contributed by atoms with Crippen molar-refractivity contribution >= 4 is 28.6 Å². The number of nitrogens with zero attached hydrogens (tertiary/aromatic N) is 2. The Morgan fingerprint density at radius 1 is 1.21 bits per heavy atom. The lowest BCUT2D eigenvalue weighted by atomic mass is 9.98. The van der Waals surface area contributed by atoms with E-state index in [0.717, 1.165) is 34.3 Å². The normalized spacial score (nSPS) is 21.2. The molecular weight excluding hydrogens is 316 g/mol.